The second kappa shape index (κ2) is 7.04. The summed E-state index contributed by atoms with van der Waals surface area (Å²) in [6.07, 6.45) is 1.21. The molecule has 1 N–H and O–H groups in total. The first kappa shape index (κ1) is 16.5. The highest BCUT2D eigenvalue weighted by Crippen LogP contribution is 2.25. The second-order valence-electron chi connectivity index (χ2n) is 5.32. The lowest BCUT2D eigenvalue weighted by Gasteiger charge is -2.12. The van der Waals surface area contributed by atoms with Crippen LogP contribution in [0.2, 0.25) is 0 Å². The number of hydrogen-bond donors (Lipinski definition) is 1. The Morgan fingerprint density at radius 2 is 1.80 bits per heavy atom. The van der Waals surface area contributed by atoms with Crippen molar-refractivity contribution in [3.63, 3.8) is 0 Å². The lowest BCUT2D eigenvalue weighted by molar-refractivity contribution is -0.116. The van der Waals surface area contributed by atoms with Crippen molar-refractivity contribution in [2.45, 2.75) is 6.54 Å². The molecular formula is C18H17N3O4. The molecule has 0 bridgehead atoms. The first-order chi connectivity index (χ1) is 12.1. The van der Waals surface area contributed by atoms with Gasteiger partial charge in [-0.3, -0.25) is 14.2 Å². The van der Waals surface area contributed by atoms with Gasteiger partial charge in [0.25, 0.3) is 5.56 Å². The topological polar surface area (TPSA) is 82.5 Å². The number of carbonyl (C=O) groups is 1. The summed E-state index contributed by atoms with van der Waals surface area (Å²) in [6, 6.07) is 12.2. The number of methoxy groups -OCH3 is 2. The Morgan fingerprint density at radius 1 is 1.12 bits per heavy atom. The van der Waals surface area contributed by atoms with Crippen LogP contribution in [0.1, 0.15) is 0 Å². The van der Waals surface area contributed by atoms with Gasteiger partial charge in [-0.15, -0.1) is 0 Å². The van der Waals surface area contributed by atoms with Crippen molar-refractivity contribution in [1.29, 1.82) is 0 Å². The Kier molecular flexibility index (Phi) is 4.65. The SMILES string of the molecule is COc1cc(NC(=O)Cn2c(=O)cnc3ccccc32)cc(OC)c1. The molecule has 0 aliphatic heterocycles. The number of ether oxygens (including phenoxy) is 2. The normalized spacial score (nSPS) is 10.5. The number of nitrogens with zero attached hydrogens (tertiary/aromatic N) is 2. The molecule has 128 valence electrons. The van der Waals surface area contributed by atoms with Crippen LogP contribution >= 0.6 is 0 Å². The minimum atomic E-state index is -0.339. The number of carbonyl (C=O) groups excluding carboxylic acids is 1. The second-order valence-corrected chi connectivity index (χ2v) is 5.32. The third-order valence-corrected chi connectivity index (χ3v) is 3.69. The molecule has 0 unspecified atom stereocenters. The highest BCUT2D eigenvalue weighted by atomic mass is 16.5. The number of para-hydroxylation sites is 2. The number of benzene rings is 2. The molecule has 7 nitrogen and oxygen atoms in total. The molecular weight excluding hydrogens is 322 g/mol. The molecule has 25 heavy (non-hydrogen) atoms. The average molecular weight is 339 g/mol. The summed E-state index contributed by atoms with van der Waals surface area (Å²) in [5.41, 5.74) is 1.44. The molecule has 0 saturated heterocycles. The molecule has 0 fully saturated rings. The Labute approximate surface area is 143 Å². The van der Waals surface area contributed by atoms with E-state index < -0.39 is 0 Å². The van der Waals surface area contributed by atoms with Crippen LogP contribution in [-0.2, 0) is 11.3 Å². The zero-order valence-corrected chi connectivity index (χ0v) is 13.9. The molecule has 1 amide bonds. The molecule has 7 heteroatoms. The third kappa shape index (κ3) is 3.60. The van der Waals surface area contributed by atoms with Crippen molar-refractivity contribution >= 4 is 22.6 Å². The zero-order valence-electron chi connectivity index (χ0n) is 13.9. The van der Waals surface area contributed by atoms with E-state index in [4.69, 9.17) is 9.47 Å². The molecule has 0 atom stereocenters. The van der Waals surface area contributed by atoms with Crippen LogP contribution in [0.25, 0.3) is 11.0 Å². The van der Waals surface area contributed by atoms with Crippen LogP contribution in [0.15, 0.2) is 53.5 Å². The van der Waals surface area contributed by atoms with Gasteiger partial charge in [-0.05, 0) is 12.1 Å². The molecule has 3 aromatic rings. The lowest BCUT2D eigenvalue weighted by Crippen LogP contribution is -2.28. The molecule has 0 aliphatic rings. The predicted octanol–water partition coefficient (Wildman–Crippen LogP) is 2.05. The lowest BCUT2D eigenvalue weighted by atomic mass is 10.2. The standard InChI is InChI=1S/C18H17N3O4/c1-24-13-7-12(8-14(9-13)25-2)20-17(22)11-21-16-6-4-3-5-15(16)19-10-18(21)23/h3-10H,11H2,1-2H3,(H,20,22). The number of rotatable bonds is 5. The van der Waals surface area contributed by atoms with Crippen LogP contribution in [-0.4, -0.2) is 29.7 Å². The maximum Gasteiger partial charge on any atom is 0.269 e. The van der Waals surface area contributed by atoms with Crippen LogP contribution in [0, 0.1) is 0 Å². The molecule has 0 radical (unpaired) electrons. The van der Waals surface area contributed by atoms with Gasteiger partial charge in [0.05, 0.1) is 31.4 Å². The molecule has 0 aliphatic carbocycles. The van der Waals surface area contributed by atoms with Crippen molar-refractivity contribution in [3.05, 3.63) is 59.0 Å². The number of amides is 1. The highest BCUT2D eigenvalue weighted by Gasteiger charge is 2.10. The number of anilines is 1. The summed E-state index contributed by atoms with van der Waals surface area (Å²) < 4.78 is 11.7. The van der Waals surface area contributed by atoms with Gasteiger partial charge in [-0.2, -0.15) is 0 Å². The van der Waals surface area contributed by atoms with E-state index in [0.29, 0.717) is 28.2 Å². The molecule has 2 aromatic carbocycles. The number of fused-ring (bicyclic) bond motifs is 1. The summed E-state index contributed by atoms with van der Waals surface area (Å²) in [5, 5.41) is 2.75. The Balaban J connectivity index is 1.87. The van der Waals surface area contributed by atoms with E-state index in [1.165, 1.54) is 25.0 Å². The summed E-state index contributed by atoms with van der Waals surface area (Å²) in [7, 11) is 3.06. The van der Waals surface area contributed by atoms with Crippen LogP contribution in [0.4, 0.5) is 5.69 Å². The van der Waals surface area contributed by atoms with Gasteiger partial charge in [-0.1, -0.05) is 12.1 Å². The fourth-order valence-corrected chi connectivity index (χ4v) is 2.50. The van der Waals surface area contributed by atoms with Crippen molar-refractivity contribution in [2.75, 3.05) is 19.5 Å². The van der Waals surface area contributed by atoms with Crippen molar-refractivity contribution in [2.24, 2.45) is 0 Å². The summed E-state index contributed by atoms with van der Waals surface area (Å²) in [4.78, 5) is 28.6. The van der Waals surface area contributed by atoms with Gasteiger partial charge >= 0.3 is 0 Å². The van der Waals surface area contributed by atoms with Gasteiger partial charge in [0.2, 0.25) is 5.91 Å². The predicted molar refractivity (Wildman–Crippen MR) is 94.2 cm³/mol. The number of nitrogens with one attached hydrogen (secondary N) is 1. The minimum absolute atomic E-state index is 0.124. The first-order valence-corrected chi connectivity index (χ1v) is 7.58. The highest BCUT2D eigenvalue weighted by molar-refractivity contribution is 5.92. The van der Waals surface area contributed by atoms with Crippen molar-refractivity contribution in [3.8, 4) is 11.5 Å². The van der Waals surface area contributed by atoms with E-state index in [-0.39, 0.29) is 18.0 Å². The maximum atomic E-state index is 12.4. The van der Waals surface area contributed by atoms with E-state index in [1.807, 2.05) is 6.07 Å². The van der Waals surface area contributed by atoms with Gasteiger partial charge in [-0.25, -0.2) is 4.98 Å². The van der Waals surface area contributed by atoms with E-state index in [9.17, 15) is 9.59 Å². The quantitative estimate of drug-likeness (QED) is 0.769. The summed E-state index contributed by atoms with van der Waals surface area (Å²) in [5.74, 6) is 0.774. The van der Waals surface area contributed by atoms with E-state index in [0.717, 1.165) is 0 Å². The minimum Gasteiger partial charge on any atom is -0.497 e. The Morgan fingerprint density at radius 3 is 2.48 bits per heavy atom. The fraction of sp³-hybridized carbons (Fsp3) is 0.167. The van der Waals surface area contributed by atoms with Gasteiger partial charge in [0.1, 0.15) is 18.0 Å². The van der Waals surface area contributed by atoms with E-state index in [1.54, 1.807) is 36.4 Å². The smallest absolute Gasteiger partial charge is 0.269 e. The van der Waals surface area contributed by atoms with Gasteiger partial charge in [0.15, 0.2) is 0 Å². The molecule has 1 heterocycles. The first-order valence-electron chi connectivity index (χ1n) is 7.58. The van der Waals surface area contributed by atoms with Crippen LogP contribution in [0.5, 0.6) is 11.5 Å². The summed E-state index contributed by atoms with van der Waals surface area (Å²) in [6.45, 7) is -0.124. The van der Waals surface area contributed by atoms with Crippen molar-refractivity contribution < 1.29 is 14.3 Å². The zero-order chi connectivity index (χ0) is 17.8. The van der Waals surface area contributed by atoms with Crippen LogP contribution in [0.3, 0.4) is 0 Å². The third-order valence-electron chi connectivity index (χ3n) is 3.69. The molecule has 0 spiro atoms. The monoisotopic (exact) mass is 339 g/mol. The Hall–Kier alpha value is -3.35. The van der Waals surface area contributed by atoms with Gasteiger partial charge < -0.3 is 14.8 Å². The number of aromatic nitrogens is 2. The van der Waals surface area contributed by atoms with Crippen molar-refractivity contribution in [1.82, 2.24) is 9.55 Å². The van der Waals surface area contributed by atoms with E-state index >= 15 is 0 Å². The molecule has 3 rings (SSSR count). The summed E-state index contributed by atoms with van der Waals surface area (Å²) >= 11 is 0. The Bertz CT molecular complexity index is 959. The van der Waals surface area contributed by atoms with Gasteiger partial charge in [0, 0.05) is 23.9 Å². The van der Waals surface area contributed by atoms with Crippen LogP contribution < -0.4 is 20.3 Å². The molecule has 0 saturated carbocycles. The van der Waals surface area contributed by atoms with E-state index in [2.05, 4.69) is 10.3 Å². The number of hydrogen-bond acceptors (Lipinski definition) is 5. The maximum absolute atomic E-state index is 12.4. The molecule has 1 aromatic heterocycles. The average Bonchev–Trinajstić information content (AvgIpc) is 2.63. The fourth-order valence-electron chi connectivity index (χ4n) is 2.50. The largest absolute Gasteiger partial charge is 0.497 e.